The fraction of sp³-hybridized carbons (Fsp3) is 0.300. The number of nitrogen functional groups attached to an aromatic ring is 1. The Labute approximate surface area is 82.7 Å². The second-order valence-electron chi connectivity index (χ2n) is 3.30. The minimum absolute atomic E-state index is 0.0779. The highest BCUT2D eigenvalue weighted by molar-refractivity contribution is 5.95. The van der Waals surface area contributed by atoms with E-state index in [1.807, 2.05) is 18.2 Å². The monoisotopic (exact) mass is 191 g/mol. The molecule has 1 aromatic rings. The summed E-state index contributed by atoms with van der Waals surface area (Å²) in [4.78, 5) is 11.6. The van der Waals surface area contributed by atoms with Crippen LogP contribution in [0.25, 0.3) is 0 Å². The molecule has 3 N–H and O–H groups in total. The van der Waals surface area contributed by atoms with Crippen LogP contribution in [-0.4, -0.2) is 12.5 Å². The zero-order valence-corrected chi connectivity index (χ0v) is 7.86. The number of nitrogens with zero attached hydrogens (tertiary/aromatic N) is 1. The van der Waals surface area contributed by atoms with Gasteiger partial charge in [-0.15, -0.1) is 0 Å². The second kappa shape index (κ2) is 3.67. The van der Waals surface area contributed by atoms with Crippen molar-refractivity contribution in [2.75, 3.05) is 17.3 Å². The van der Waals surface area contributed by atoms with Gasteiger partial charge in [-0.05, 0) is 18.6 Å². The zero-order valence-electron chi connectivity index (χ0n) is 7.86. The fourth-order valence-electron chi connectivity index (χ4n) is 1.54. The number of rotatable bonds is 1. The molecule has 0 saturated carbocycles. The third-order valence-corrected chi connectivity index (χ3v) is 2.26. The van der Waals surface area contributed by atoms with Crippen LogP contribution in [0.1, 0.15) is 12.8 Å². The van der Waals surface area contributed by atoms with Gasteiger partial charge in [0.25, 0.3) is 0 Å². The zero-order chi connectivity index (χ0) is 9.97. The maximum absolute atomic E-state index is 11.6. The molecule has 1 fully saturated rings. The summed E-state index contributed by atoms with van der Waals surface area (Å²) in [6.07, 6.45) is 1.48. The highest BCUT2D eigenvalue weighted by Gasteiger charge is 2.20. The van der Waals surface area contributed by atoms with E-state index in [1.165, 1.54) is 0 Å². The van der Waals surface area contributed by atoms with Crippen molar-refractivity contribution in [2.45, 2.75) is 12.8 Å². The summed E-state index contributed by atoms with van der Waals surface area (Å²) < 4.78 is 0. The number of nitrogens with one attached hydrogen (secondary N) is 1. The van der Waals surface area contributed by atoms with E-state index in [-0.39, 0.29) is 5.91 Å². The Hall–Kier alpha value is -1.55. The topological polar surface area (TPSA) is 58.4 Å². The van der Waals surface area contributed by atoms with Crippen LogP contribution in [0.3, 0.4) is 0 Å². The summed E-state index contributed by atoms with van der Waals surface area (Å²) in [7, 11) is 0. The molecule has 4 heteroatoms. The first-order chi connectivity index (χ1) is 6.79. The van der Waals surface area contributed by atoms with Gasteiger partial charge in [0.2, 0.25) is 5.91 Å². The van der Waals surface area contributed by atoms with E-state index in [0.29, 0.717) is 12.1 Å². The Bertz CT molecular complexity index is 351. The smallest absolute Gasteiger partial charge is 0.241 e. The molecule has 1 heterocycles. The van der Waals surface area contributed by atoms with E-state index < -0.39 is 0 Å². The van der Waals surface area contributed by atoms with Crippen LogP contribution in [0, 0.1) is 0 Å². The van der Waals surface area contributed by atoms with E-state index in [4.69, 9.17) is 5.73 Å². The lowest BCUT2D eigenvalue weighted by molar-refractivity contribution is -0.120. The first-order valence-electron chi connectivity index (χ1n) is 4.70. The number of amides is 1. The molecule has 4 nitrogen and oxygen atoms in total. The minimum Gasteiger partial charge on any atom is -0.397 e. The van der Waals surface area contributed by atoms with Gasteiger partial charge in [0.15, 0.2) is 0 Å². The second-order valence-corrected chi connectivity index (χ2v) is 3.30. The number of hydrogen-bond donors (Lipinski definition) is 2. The van der Waals surface area contributed by atoms with Crippen molar-refractivity contribution in [1.29, 1.82) is 0 Å². The van der Waals surface area contributed by atoms with Crippen LogP contribution >= 0.6 is 0 Å². The molecule has 1 aliphatic rings. The van der Waals surface area contributed by atoms with E-state index in [0.717, 1.165) is 18.7 Å². The van der Waals surface area contributed by atoms with Crippen molar-refractivity contribution >= 4 is 17.3 Å². The molecule has 2 rings (SSSR count). The maximum Gasteiger partial charge on any atom is 0.241 e. The SMILES string of the molecule is Nc1ccccc1N1NCCCC1=O. The van der Waals surface area contributed by atoms with Crippen molar-refractivity contribution in [3.63, 3.8) is 0 Å². The van der Waals surface area contributed by atoms with Crippen molar-refractivity contribution in [3.05, 3.63) is 24.3 Å². The van der Waals surface area contributed by atoms with Crippen molar-refractivity contribution in [3.8, 4) is 0 Å². The molecule has 74 valence electrons. The number of carbonyl (C=O) groups excluding carboxylic acids is 1. The van der Waals surface area contributed by atoms with Crippen LogP contribution in [0.15, 0.2) is 24.3 Å². The van der Waals surface area contributed by atoms with Gasteiger partial charge in [0.1, 0.15) is 0 Å². The Kier molecular flexibility index (Phi) is 2.37. The molecule has 0 spiro atoms. The van der Waals surface area contributed by atoms with Gasteiger partial charge in [-0.2, -0.15) is 0 Å². The molecule has 0 atom stereocenters. The molecular formula is C10H13N3O. The normalized spacial score (nSPS) is 17.1. The Morgan fingerprint density at radius 2 is 2.14 bits per heavy atom. The summed E-state index contributed by atoms with van der Waals surface area (Å²) >= 11 is 0. The highest BCUT2D eigenvalue weighted by atomic mass is 16.2. The van der Waals surface area contributed by atoms with Crippen molar-refractivity contribution in [2.24, 2.45) is 0 Å². The molecule has 0 aromatic heterocycles. The van der Waals surface area contributed by atoms with Crippen molar-refractivity contribution < 1.29 is 4.79 Å². The van der Waals surface area contributed by atoms with Crippen LogP contribution in [-0.2, 0) is 4.79 Å². The number of para-hydroxylation sites is 2. The number of anilines is 2. The molecule has 1 aromatic carbocycles. The van der Waals surface area contributed by atoms with Crippen molar-refractivity contribution in [1.82, 2.24) is 5.43 Å². The number of nitrogens with two attached hydrogens (primary N) is 1. The summed E-state index contributed by atoms with van der Waals surface area (Å²) in [5, 5.41) is 1.54. The molecule has 14 heavy (non-hydrogen) atoms. The lowest BCUT2D eigenvalue weighted by Crippen LogP contribution is -2.47. The predicted octanol–water partition coefficient (Wildman–Crippen LogP) is 0.900. The third-order valence-electron chi connectivity index (χ3n) is 2.26. The average molecular weight is 191 g/mol. The van der Waals surface area contributed by atoms with Gasteiger partial charge in [0.05, 0.1) is 11.4 Å². The standard InChI is InChI=1S/C10H13N3O/c11-8-4-1-2-5-9(8)13-10(14)6-3-7-12-13/h1-2,4-5,12H,3,6-7,11H2. The summed E-state index contributed by atoms with van der Waals surface area (Å²) in [6, 6.07) is 7.35. The first kappa shape index (κ1) is 9.02. The summed E-state index contributed by atoms with van der Waals surface area (Å²) in [5.74, 6) is 0.0779. The molecule has 0 unspecified atom stereocenters. The largest absolute Gasteiger partial charge is 0.397 e. The lowest BCUT2D eigenvalue weighted by Gasteiger charge is -2.28. The number of hydrogen-bond acceptors (Lipinski definition) is 3. The number of hydrazine groups is 1. The fourth-order valence-corrected chi connectivity index (χ4v) is 1.54. The quantitative estimate of drug-likeness (QED) is 0.648. The molecule has 1 aliphatic heterocycles. The molecule has 0 radical (unpaired) electrons. The van der Waals surface area contributed by atoms with E-state index >= 15 is 0 Å². The Morgan fingerprint density at radius 1 is 1.36 bits per heavy atom. The van der Waals surface area contributed by atoms with Gasteiger partial charge in [-0.25, -0.2) is 10.4 Å². The Morgan fingerprint density at radius 3 is 2.86 bits per heavy atom. The van der Waals surface area contributed by atoms with Gasteiger partial charge >= 0.3 is 0 Å². The summed E-state index contributed by atoms with van der Waals surface area (Å²) in [6.45, 7) is 0.820. The van der Waals surface area contributed by atoms with Crippen LogP contribution in [0.2, 0.25) is 0 Å². The van der Waals surface area contributed by atoms with E-state index in [9.17, 15) is 4.79 Å². The van der Waals surface area contributed by atoms with E-state index in [1.54, 1.807) is 11.1 Å². The van der Waals surface area contributed by atoms with Gasteiger partial charge in [-0.3, -0.25) is 4.79 Å². The molecule has 0 aliphatic carbocycles. The third kappa shape index (κ3) is 1.56. The van der Waals surface area contributed by atoms with E-state index in [2.05, 4.69) is 5.43 Å². The van der Waals surface area contributed by atoms with Crippen LogP contribution < -0.4 is 16.2 Å². The predicted molar refractivity (Wildman–Crippen MR) is 55.6 cm³/mol. The molecular weight excluding hydrogens is 178 g/mol. The van der Waals surface area contributed by atoms with Gasteiger partial charge in [0, 0.05) is 13.0 Å². The van der Waals surface area contributed by atoms with Crippen LogP contribution in [0.5, 0.6) is 0 Å². The maximum atomic E-state index is 11.6. The highest BCUT2D eigenvalue weighted by Crippen LogP contribution is 2.22. The van der Waals surface area contributed by atoms with Crippen LogP contribution in [0.4, 0.5) is 11.4 Å². The Balaban J connectivity index is 2.29. The number of carbonyl (C=O) groups is 1. The number of benzene rings is 1. The molecule has 1 saturated heterocycles. The average Bonchev–Trinajstić information content (AvgIpc) is 2.20. The molecule has 1 amide bonds. The van der Waals surface area contributed by atoms with Gasteiger partial charge < -0.3 is 5.73 Å². The molecule has 0 bridgehead atoms. The minimum atomic E-state index is 0.0779. The van der Waals surface area contributed by atoms with Gasteiger partial charge in [-0.1, -0.05) is 12.1 Å². The lowest BCUT2D eigenvalue weighted by atomic mass is 10.2. The summed E-state index contributed by atoms with van der Waals surface area (Å²) in [5.41, 5.74) is 10.2. The first-order valence-corrected chi connectivity index (χ1v) is 4.70.